The van der Waals surface area contributed by atoms with Gasteiger partial charge in [-0.2, -0.15) is 0 Å². The Morgan fingerprint density at radius 1 is 0.981 bits per heavy atom. The van der Waals surface area contributed by atoms with E-state index < -0.39 is 47.5 Å². The highest BCUT2D eigenvalue weighted by molar-refractivity contribution is 6.00. The molecule has 1 aromatic carbocycles. The Bertz CT molecular complexity index is 1790. The van der Waals surface area contributed by atoms with Crippen LogP contribution in [0.2, 0.25) is 0 Å². The van der Waals surface area contributed by atoms with Gasteiger partial charge in [-0.1, -0.05) is 0 Å². The summed E-state index contributed by atoms with van der Waals surface area (Å²) in [4.78, 5) is 97.4. The Morgan fingerprint density at radius 2 is 1.73 bits per heavy atom. The summed E-state index contributed by atoms with van der Waals surface area (Å²) in [5, 5.41) is 4.98. The first-order chi connectivity index (χ1) is 24.7. The maximum absolute atomic E-state index is 13.7. The molecule has 6 amide bonds. The number of carbonyl (C=O) groups excluding carboxylic acids is 6. The van der Waals surface area contributed by atoms with E-state index in [9.17, 15) is 33.6 Å². The minimum Gasteiger partial charge on any atom is -0.444 e. The van der Waals surface area contributed by atoms with Crippen LogP contribution in [0.3, 0.4) is 0 Å². The number of imide groups is 1. The van der Waals surface area contributed by atoms with Crippen molar-refractivity contribution in [3.8, 4) is 0 Å². The van der Waals surface area contributed by atoms with Crippen molar-refractivity contribution in [1.29, 1.82) is 0 Å². The molecule has 1 aromatic heterocycles. The van der Waals surface area contributed by atoms with E-state index >= 15 is 0 Å². The number of piperidine rings is 2. The first-order valence-electron chi connectivity index (χ1n) is 18.4. The van der Waals surface area contributed by atoms with Crippen molar-refractivity contribution in [3.63, 3.8) is 0 Å². The number of carbonyl (C=O) groups is 6. The molecule has 16 heteroatoms. The zero-order valence-electron chi connectivity index (χ0n) is 30.2. The average molecular weight is 723 g/mol. The second-order valence-corrected chi connectivity index (χ2v) is 15.5. The number of benzene rings is 1. The fourth-order valence-corrected chi connectivity index (χ4v) is 8.17. The standard InChI is InChI=1S/C36H50N8O8/c1-36(2,3)52-35(51)39-25-20-42(18-15-22-7-10-27(31(37)47)43(22)33(25)49)30(46)6-4-5-21-13-16-41(17-14-21)23-8-9-26-24(19-23)38-34(50)44(26)28-11-12-29(45)40-32(28)48/h8-9,19,21-22,25,27-28H,4-7,10-18,20H2,1-3H3,(H2,37,47)(H,38,50)(H,39,51)(H,40,45,48)/t22?,25-,27-,28?/m0/s1. The summed E-state index contributed by atoms with van der Waals surface area (Å²) in [7, 11) is 0. The lowest BCUT2D eigenvalue weighted by Gasteiger charge is -2.38. The van der Waals surface area contributed by atoms with Gasteiger partial charge in [0.1, 0.15) is 23.7 Å². The molecule has 6 rings (SSSR count). The molecular weight excluding hydrogens is 672 g/mol. The van der Waals surface area contributed by atoms with E-state index in [0.29, 0.717) is 55.6 Å². The highest BCUT2D eigenvalue weighted by atomic mass is 16.6. The number of imidazole rings is 1. The molecule has 4 saturated heterocycles. The summed E-state index contributed by atoms with van der Waals surface area (Å²) < 4.78 is 6.84. The van der Waals surface area contributed by atoms with Crippen LogP contribution < -0.4 is 27.0 Å². The molecule has 2 aromatic rings. The molecule has 52 heavy (non-hydrogen) atoms. The molecule has 5 N–H and O–H groups in total. The van der Waals surface area contributed by atoms with Crippen LogP contribution in [-0.4, -0.2) is 105 Å². The van der Waals surface area contributed by atoms with Gasteiger partial charge in [-0.25, -0.2) is 9.59 Å². The number of aromatic amines is 1. The van der Waals surface area contributed by atoms with Crippen LogP contribution in [0.5, 0.6) is 0 Å². The fourth-order valence-electron chi connectivity index (χ4n) is 8.17. The molecule has 2 unspecified atom stereocenters. The molecule has 16 nitrogen and oxygen atoms in total. The number of hydrogen-bond acceptors (Lipinski definition) is 9. The normalized spacial score (nSPS) is 24.7. The van der Waals surface area contributed by atoms with Gasteiger partial charge in [0.25, 0.3) is 0 Å². The van der Waals surface area contributed by atoms with Gasteiger partial charge in [0.15, 0.2) is 0 Å². The molecule has 4 aliphatic heterocycles. The van der Waals surface area contributed by atoms with Gasteiger partial charge in [0.05, 0.1) is 17.6 Å². The maximum Gasteiger partial charge on any atom is 0.408 e. The van der Waals surface area contributed by atoms with Crippen molar-refractivity contribution in [1.82, 2.24) is 30.0 Å². The van der Waals surface area contributed by atoms with Crippen LogP contribution in [0.1, 0.15) is 91.0 Å². The molecular formula is C36H50N8O8. The second-order valence-electron chi connectivity index (χ2n) is 15.5. The number of hydrogen-bond donors (Lipinski definition) is 4. The topological polar surface area (TPSA) is 209 Å². The van der Waals surface area contributed by atoms with Gasteiger partial charge in [0.2, 0.25) is 29.5 Å². The Labute approximate surface area is 301 Å². The molecule has 0 radical (unpaired) electrons. The number of primary amides is 1. The molecule has 0 aliphatic carbocycles. The van der Waals surface area contributed by atoms with Crippen LogP contribution in [0.4, 0.5) is 10.5 Å². The highest BCUT2D eigenvalue weighted by Crippen LogP contribution is 2.31. The number of nitrogens with zero attached hydrogens (tertiary/aromatic N) is 4. The lowest BCUT2D eigenvalue weighted by molar-refractivity contribution is -0.144. The molecule has 282 valence electrons. The smallest absolute Gasteiger partial charge is 0.408 e. The van der Waals surface area contributed by atoms with E-state index in [1.165, 1.54) is 9.47 Å². The van der Waals surface area contributed by atoms with Gasteiger partial charge >= 0.3 is 11.8 Å². The lowest BCUT2D eigenvalue weighted by Crippen LogP contribution is -2.61. The Kier molecular flexibility index (Phi) is 10.6. The number of anilines is 1. The monoisotopic (exact) mass is 722 g/mol. The van der Waals surface area contributed by atoms with Crippen molar-refractivity contribution in [2.75, 3.05) is 31.1 Å². The summed E-state index contributed by atoms with van der Waals surface area (Å²) in [5.74, 6) is -1.45. The third-order valence-electron chi connectivity index (χ3n) is 10.8. The van der Waals surface area contributed by atoms with Crippen LogP contribution in [0, 0.1) is 5.92 Å². The third-order valence-corrected chi connectivity index (χ3v) is 10.8. The van der Waals surface area contributed by atoms with Crippen LogP contribution in [-0.2, 0) is 28.7 Å². The van der Waals surface area contributed by atoms with Crippen LogP contribution >= 0.6 is 0 Å². The first-order valence-corrected chi connectivity index (χ1v) is 18.4. The summed E-state index contributed by atoms with van der Waals surface area (Å²) in [6, 6.07) is 2.93. The molecule has 0 bridgehead atoms. The number of ether oxygens (including phenoxy) is 1. The summed E-state index contributed by atoms with van der Waals surface area (Å²) in [6.45, 7) is 7.18. The van der Waals surface area contributed by atoms with E-state index in [0.717, 1.165) is 38.0 Å². The number of aromatic nitrogens is 2. The van der Waals surface area contributed by atoms with Crippen molar-refractivity contribution < 1.29 is 33.5 Å². The van der Waals surface area contributed by atoms with Crippen molar-refractivity contribution in [3.05, 3.63) is 28.7 Å². The summed E-state index contributed by atoms with van der Waals surface area (Å²) >= 11 is 0. The Balaban J connectivity index is 1.02. The number of alkyl carbamates (subject to hydrolysis) is 1. The van der Waals surface area contributed by atoms with Gasteiger partial charge in [0, 0.05) is 44.2 Å². The molecule has 5 heterocycles. The van der Waals surface area contributed by atoms with Crippen molar-refractivity contribution in [2.24, 2.45) is 11.7 Å². The zero-order valence-corrected chi connectivity index (χ0v) is 30.2. The number of nitrogens with two attached hydrogens (primary N) is 1. The molecule has 0 saturated carbocycles. The predicted octanol–water partition coefficient (Wildman–Crippen LogP) is 1.66. The lowest BCUT2D eigenvalue weighted by atomic mass is 9.91. The minimum atomic E-state index is -1.07. The van der Waals surface area contributed by atoms with E-state index in [2.05, 4.69) is 20.5 Å². The third kappa shape index (κ3) is 8.10. The molecule has 4 atom stereocenters. The second kappa shape index (κ2) is 15.0. The number of amides is 6. The van der Waals surface area contributed by atoms with Gasteiger partial charge in [-0.15, -0.1) is 0 Å². The number of nitrogens with one attached hydrogen (secondary N) is 3. The van der Waals surface area contributed by atoms with Crippen LogP contribution in [0.25, 0.3) is 11.0 Å². The highest BCUT2D eigenvalue weighted by Gasteiger charge is 2.45. The number of fused-ring (bicyclic) bond motifs is 2. The van der Waals surface area contributed by atoms with E-state index in [-0.39, 0.29) is 42.9 Å². The summed E-state index contributed by atoms with van der Waals surface area (Å²) in [6.07, 6.45) is 5.04. The van der Waals surface area contributed by atoms with Gasteiger partial charge in [-0.05, 0) is 96.3 Å². The van der Waals surface area contributed by atoms with Crippen molar-refractivity contribution in [2.45, 2.75) is 115 Å². The average Bonchev–Trinajstić information content (AvgIpc) is 3.64. The largest absolute Gasteiger partial charge is 0.444 e. The molecule has 0 spiro atoms. The van der Waals surface area contributed by atoms with Gasteiger partial charge < -0.3 is 35.5 Å². The van der Waals surface area contributed by atoms with E-state index in [4.69, 9.17) is 10.5 Å². The van der Waals surface area contributed by atoms with Gasteiger partial charge in [-0.3, -0.25) is 33.9 Å². The Hall–Kier alpha value is -4.89. The summed E-state index contributed by atoms with van der Waals surface area (Å²) in [5.41, 5.74) is 6.69. The number of rotatable bonds is 8. The zero-order chi connectivity index (χ0) is 37.3. The predicted molar refractivity (Wildman–Crippen MR) is 190 cm³/mol. The fraction of sp³-hybridized carbons (Fsp3) is 0.639. The molecule has 4 fully saturated rings. The van der Waals surface area contributed by atoms with E-state index in [1.807, 2.05) is 18.2 Å². The SMILES string of the molecule is CC(C)(C)OC(=O)N[C@H]1CN(C(=O)CCCC2CCN(c3ccc4c(c3)[nH]c(=O)n4C3CCC(=O)NC3=O)CC2)CCC2CC[C@@H](C(N)=O)N2C1=O. The minimum absolute atomic E-state index is 0.0173. The van der Waals surface area contributed by atoms with E-state index in [1.54, 1.807) is 25.7 Å². The van der Waals surface area contributed by atoms with Crippen LogP contribution in [0.15, 0.2) is 23.0 Å². The number of H-pyrrole nitrogens is 1. The maximum atomic E-state index is 13.7. The van der Waals surface area contributed by atoms with Crippen molar-refractivity contribution >= 4 is 52.3 Å². The first kappa shape index (κ1) is 36.9. The Morgan fingerprint density at radius 3 is 2.42 bits per heavy atom. The molecule has 4 aliphatic rings. The quantitative estimate of drug-likeness (QED) is 0.292.